The van der Waals surface area contributed by atoms with Crippen LogP contribution in [0, 0.1) is 11.3 Å². The number of nitrogens with one attached hydrogen (secondary N) is 1. The fraction of sp³-hybridized carbons (Fsp3) is 0.600. The van der Waals surface area contributed by atoms with E-state index >= 15 is 0 Å². The number of aromatic amines is 1. The number of hydrogen-bond donors (Lipinski definition) is 2. The Morgan fingerprint density at radius 3 is 2.74 bits per heavy atom. The molecule has 2 heterocycles. The molecule has 1 atom stereocenters. The van der Waals surface area contributed by atoms with Gasteiger partial charge in [-0.1, -0.05) is 20.8 Å². The highest BCUT2D eigenvalue weighted by molar-refractivity contribution is 5.73. The number of imidazole rings is 1. The van der Waals surface area contributed by atoms with Crippen LogP contribution in [0.5, 0.6) is 0 Å². The summed E-state index contributed by atoms with van der Waals surface area (Å²) in [5, 5.41) is 0. The molecule has 0 aliphatic heterocycles. The Kier molecular flexibility index (Phi) is 4.20. The van der Waals surface area contributed by atoms with Crippen LogP contribution in [-0.2, 0) is 6.42 Å². The molecule has 3 N–H and O–H groups in total. The third-order valence-corrected chi connectivity index (χ3v) is 3.80. The SMILES string of the molecule is CC(C)(C)C(CCN)CCc1nc2ccncc2[nH]1. The van der Waals surface area contributed by atoms with E-state index in [4.69, 9.17) is 5.73 Å². The van der Waals surface area contributed by atoms with Gasteiger partial charge >= 0.3 is 0 Å². The van der Waals surface area contributed by atoms with E-state index in [0.29, 0.717) is 11.3 Å². The van der Waals surface area contributed by atoms with Crippen LogP contribution in [0.15, 0.2) is 18.5 Å². The molecule has 4 nitrogen and oxygen atoms in total. The maximum absolute atomic E-state index is 5.72. The van der Waals surface area contributed by atoms with Crippen LogP contribution in [0.4, 0.5) is 0 Å². The smallest absolute Gasteiger partial charge is 0.107 e. The number of hydrogen-bond acceptors (Lipinski definition) is 3. The number of H-pyrrole nitrogens is 1. The Morgan fingerprint density at radius 1 is 1.32 bits per heavy atom. The van der Waals surface area contributed by atoms with E-state index in [2.05, 4.69) is 35.7 Å². The van der Waals surface area contributed by atoms with Gasteiger partial charge < -0.3 is 10.7 Å². The number of aromatic nitrogens is 3. The second-order valence-electron chi connectivity index (χ2n) is 6.26. The van der Waals surface area contributed by atoms with Crippen LogP contribution in [0.3, 0.4) is 0 Å². The predicted octanol–water partition coefficient (Wildman–Crippen LogP) is 2.90. The van der Waals surface area contributed by atoms with Crippen molar-refractivity contribution in [3.63, 3.8) is 0 Å². The standard InChI is InChI=1S/C15H24N4/c1-15(2,3)11(6-8-16)4-5-14-18-12-7-9-17-10-13(12)19-14/h7,9-11H,4-6,8,16H2,1-3H3,(H,18,19). The maximum Gasteiger partial charge on any atom is 0.107 e. The number of pyridine rings is 1. The van der Waals surface area contributed by atoms with E-state index in [1.807, 2.05) is 12.3 Å². The summed E-state index contributed by atoms with van der Waals surface area (Å²) in [6.45, 7) is 7.62. The second-order valence-corrected chi connectivity index (χ2v) is 6.26. The summed E-state index contributed by atoms with van der Waals surface area (Å²) in [4.78, 5) is 12.0. The lowest BCUT2D eigenvalue weighted by Crippen LogP contribution is -2.24. The van der Waals surface area contributed by atoms with E-state index in [0.717, 1.165) is 42.7 Å². The van der Waals surface area contributed by atoms with E-state index < -0.39 is 0 Å². The Hall–Kier alpha value is -1.42. The molecule has 0 aliphatic carbocycles. The fourth-order valence-electron chi connectivity index (χ4n) is 2.55. The number of nitrogens with two attached hydrogens (primary N) is 1. The highest BCUT2D eigenvalue weighted by Crippen LogP contribution is 2.32. The number of fused-ring (bicyclic) bond motifs is 1. The third kappa shape index (κ3) is 3.53. The van der Waals surface area contributed by atoms with Crippen LogP contribution in [0.2, 0.25) is 0 Å². The van der Waals surface area contributed by atoms with Gasteiger partial charge in [0.15, 0.2) is 0 Å². The molecule has 0 fully saturated rings. The molecule has 19 heavy (non-hydrogen) atoms. The highest BCUT2D eigenvalue weighted by Gasteiger charge is 2.23. The zero-order valence-electron chi connectivity index (χ0n) is 12.1. The summed E-state index contributed by atoms with van der Waals surface area (Å²) < 4.78 is 0. The Balaban J connectivity index is 2.04. The zero-order chi connectivity index (χ0) is 13.9. The lowest BCUT2D eigenvalue weighted by molar-refractivity contribution is 0.214. The van der Waals surface area contributed by atoms with E-state index in [-0.39, 0.29) is 0 Å². The topological polar surface area (TPSA) is 67.6 Å². The van der Waals surface area contributed by atoms with Gasteiger partial charge in [-0.3, -0.25) is 4.98 Å². The van der Waals surface area contributed by atoms with Crippen LogP contribution in [-0.4, -0.2) is 21.5 Å². The molecular weight excluding hydrogens is 236 g/mol. The summed E-state index contributed by atoms with van der Waals surface area (Å²) in [5.74, 6) is 1.68. The number of nitrogens with zero attached hydrogens (tertiary/aromatic N) is 2. The molecule has 0 saturated heterocycles. The van der Waals surface area contributed by atoms with Crippen molar-refractivity contribution in [2.24, 2.45) is 17.1 Å². The van der Waals surface area contributed by atoms with Crippen LogP contribution < -0.4 is 5.73 Å². The first-order chi connectivity index (χ1) is 9.00. The van der Waals surface area contributed by atoms with Crippen molar-refractivity contribution < 1.29 is 0 Å². The molecule has 0 saturated carbocycles. The summed E-state index contributed by atoms with van der Waals surface area (Å²) in [5.41, 5.74) is 8.04. The lowest BCUT2D eigenvalue weighted by atomic mass is 9.76. The zero-order valence-corrected chi connectivity index (χ0v) is 12.1. The monoisotopic (exact) mass is 260 g/mol. The van der Waals surface area contributed by atoms with Gasteiger partial charge in [0.2, 0.25) is 0 Å². The van der Waals surface area contributed by atoms with E-state index in [1.54, 1.807) is 6.20 Å². The third-order valence-electron chi connectivity index (χ3n) is 3.80. The van der Waals surface area contributed by atoms with Gasteiger partial charge in [-0.05, 0) is 36.8 Å². The van der Waals surface area contributed by atoms with Crippen molar-refractivity contribution in [3.05, 3.63) is 24.3 Å². The largest absolute Gasteiger partial charge is 0.341 e. The summed E-state index contributed by atoms with van der Waals surface area (Å²) in [6, 6.07) is 1.94. The Labute approximate surface area is 114 Å². The second kappa shape index (κ2) is 5.70. The van der Waals surface area contributed by atoms with Crippen molar-refractivity contribution >= 4 is 11.0 Å². The molecule has 0 aromatic carbocycles. The van der Waals surface area contributed by atoms with Gasteiger partial charge in [-0.2, -0.15) is 0 Å². The first-order valence-corrected chi connectivity index (χ1v) is 6.99. The molecule has 0 aliphatic rings. The summed E-state index contributed by atoms with van der Waals surface area (Å²) in [7, 11) is 0. The van der Waals surface area contributed by atoms with Crippen molar-refractivity contribution in [1.29, 1.82) is 0 Å². The molecule has 2 rings (SSSR count). The van der Waals surface area contributed by atoms with Gasteiger partial charge in [-0.15, -0.1) is 0 Å². The Bertz CT molecular complexity index is 491. The fourth-order valence-corrected chi connectivity index (χ4v) is 2.55. The molecule has 0 radical (unpaired) electrons. The van der Waals surface area contributed by atoms with Crippen LogP contribution in [0.25, 0.3) is 11.0 Å². The minimum Gasteiger partial charge on any atom is -0.341 e. The van der Waals surface area contributed by atoms with E-state index in [9.17, 15) is 0 Å². The predicted molar refractivity (Wildman–Crippen MR) is 78.8 cm³/mol. The number of rotatable bonds is 5. The molecule has 0 amide bonds. The van der Waals surface area contributed by atoms with E-state index in [1.165, 1.54) is 0 Å². The van der Waals surface area contributed by atoms with Gasteiger partial charge in [0.25, 0.3) is 0 Å². The van der Waals surface area contributed by atoms with Gasteiger partial charge in [-0.25, -0.2) is 4.98 Å². The van der Waals surface area contributed by atoms with Crippen molar-refractivity contribution in [2.75, 3.05) is 6.54 Å². The average Bonchev–Trinajstić information content (AvgIpc) is 2.75. The minimum atomic E-state index is 0.299. The van der Waals surface area contributed by atoms with Crippen molar-refractivity contribution in [2.45, 2.75) is 40.0 Å². The lowest BCUT2D eigenvalue weighted by Gasteiger charge is -2.30. The van der Waals surface area contributed by atoms with Gasteiger partial charge in [0.1, 0.15) is 5.82 Å². The van der Waals surface area contributed by atoms with Gasteiger partial charge in [0.05, 0.1) is 17.2 Å². The minimum absolute atomic E-state index is 0.299. The van der Waals surface area contributed by atoms with Gasteiger partial charge in [0, 0.05) is 12.6 Å². The maximum atomic E-state index is 5.72. The van der Waals surface area contributed by atoms with Crippen LogP contribution >= 0.6 is 0 Å². The van der Waals surface area contributed by atoms with Crippen LogP contribution in [0.1, 0.15) is 39.4 Å². The first kappa shape index (κ1) is 14.0. The molecule has 0 spiro atoms. The number of aryl methyl sites for hydroxylation is 1. The van der Waals surface area contributed by atoms with Crippen molar-refractivity contribution in [1.82, 2.24) is 15.0 Å². The highest BCUT2D eigenvalue weighted by atomic mass is 14.9. The summed E-state index contributed by atoms with van der Waals surface area (Å²) in [6.07, 6.45) is 6.77. The quantitative estimate of drug-likeness (QED) is 0.868. The molecule has 2 aromatic rings. The summed E-state index contributed by atoms with van der Waals surface area (Å²) >= 11 is 0. The first-order valence-electron chi connectivity index (χ1n) is 6.99. The molecule has 1 unspecified atom stereocenters. The molecular formula is C15H24N4. The molecule has 4 heteroatoms. The molecule has 104 valence electrons. The van der Waals surface area contributed by atoms with Crippen molar-refractivity contribution in [3.8, 4) is 0 Å². The normalized spacial score (nSPS) is 13.9. The Morgan fingerprint density at radius 2 is 2.11 bits per heavy atom. The molecule has 0 bridgehead atoms. The molecule has 2 aromatic heterocycles. The average molecular weight is 260 g/mol.